The molecule has 7 fully saturated rings. The summed E-state index contributed by atoms with van der Waals surface area (Å²) in [4.78, 5) is 11.9. The number of carbonyl (C=O) groups is 1. The van der Waals surface area contributed by atoms with Crippen molar-refractivity contribution in [2.24, 2.45) is 35.0 Å². The second-order valence-corrected chi connectivity index (χ2v) is 13.5. The van der Waals surface area contributed by atoms with Crippen molar-refractivity contribution in [1.82, 2.24) is 0 Å². The molecule has 0 aromatic heterocycles. The Morgan fingerprint density at radius 1 is 0.895 bits per heavy atom. The third kappa shape index (κ3) is 6.11. The van der Waals surface area contributed by atoms with Crippen LogP contribution in [0.25, 0.3) is 0 Å². The minimum atomic E-state index is -0.893. The van der Waals surface area contributed by atoms with Crippen LogP contribution in [0.15, 0.2) is 11.8 Å². The average Bonchev–Trinajstić information content (AvgIpc) is 3.17. The fraction of sp³-hybridized carbons (Fsp3) is 0.903. The lowest BCUT2D eigenvalue weighted by molar-refractivity contribution is -0.201. The highest BCUT2D eigenvalue weighted by atomic mass is 16.7. The number of rotatable bonds is 10. The molecular formula is C31H48O7. The van der Waals surface area contributed by atoms with Crippen LogP contribution < -0.4 is 0 Å². The second-order valence-electron chi connectivity index (χ2n) is 13.5. The van der Waals surface area contributed by atoms with Crippen LogP contribution in [0.2, 0.25) is 0 Å². The number of hydrogen-bond donors (Lipinski definition) is 2. The van der Waals surface area contributed by atoms with Crippen molar-refractivity contribution in [1.29, 1.82) is 0 Å². The van der Waals surface area contributed by atoms with E-state index in [-0.39, 0.29) is 31.0 Å². The number of aliphatic hydroxyl groups is 1. The van der Waals surface area contributed by atoms with Crippen molar-refractivity contribution in [2.45, 2.75) is 128 Å². The van der Waals surface area contributed by atoms with Crippen molar-refractivity contribution in [3.8, 4) is 0 Å². The molecule has 5 saturated carbocycles. The minimum absolute atomic E-state index is 0.0988. The molecule has 0 spiro atoms. The summed E-state index contributed by atoms with van der Waals surface area (Å²) in [6.45, 7) is 1.37. The summed E-state index contributed by atoms with van der Waals surface area (Å²) in [7, 11) is 0. The lowest BCUT2D eigenvalue weighted by Crippen LogP contribution is -2.45. The summed E-state index contributed by atoms with van der Waals surface area (Å²) >= 11 is 0. The zero-order chi connectivity index (χ0) is 26.1. The molecule has 2 aliphatic heterocycles. The highest BCUT2D eigenvalue weighted by Crippen LogP contribution is 2.61. The Hall–Kier alpha value is -1.15. The zero-order valence-electron chi connectivity index (χ0n) is 22.9. The van der Waals surface area contributed by atoms with Gasteiger partial charge < -0.3 is 29.2 Å². The summed E-state index contributed by atoms with van der Waals surface area (Å²) in [5.74, 6) is 1.91. The topological polar surface area (TPSA) is 94.5 Å². The number of allylic oxidation sites excluding steroid dienone is 1. The third-order valence-corrected chi connectivity index (χ3v) is 10.6. The lowest BCUT2D eigenvalue weighted by Gasteiger charge is -2.57. The predicted molar refractivity (Wildman–Crippen MR) is 141 cm³/mol. The van der Waals surface area contributed by atoms with Crippen LogP contribution in [0.3, 0.4) is 0 Å². The second kappa shape index (κ2) is 11.8. The quantitative estimate of drug-likeness (QED) is 0.344. The van der Waals surface area contributed by atoms with Gasteiger partial charge in [-0.15, -0.1) is 0 Å². The van der Waals surface area contributed by atoms with Gasteiger partial charge >= 0.3 is 5.97 Å². The van der Waals surface area contributed by atoms with E-state index in [1.165, 1.54) is 44.9 Å². The molecule has 5 aliphatic carbocycles. The van der Waals surface area contributed by atoms with Gasteiger partial charge in [-0.05, 0) is 113 Å². The third-order valence-electron chi connectivity index (χ3n) is 10.6. The Labute approximate surface area is 227 Å². The SMILES string of the molecule is O=C(O)C[C@@H]1[C@@H](C(=CCCC23CC4CC(CC(C4)C2)C3)OC2CCCCO2)[C@H](OC2CCCCO2)C[C@@H]1O. The highest BCUT2D eigenvalue weighted by Gasteiger charge is 2.51. The summed E-state index contributed by atoms with van der Waals surface area (Å²) in [5.41, 5.74) is 0.471. The van der Waals surface area contributed by atoms with E-state index in [9.17, 15) is 15.0 Å². The normalized spacial score (nSPS) is 44.9. The molecule has 2 saturated heterocycles. The standard InChI is InChI=1S/C31H48O7/c32-24-16-26(38-29-8-2-4-11-36-29)30(23(24)15-27(33)34)25(37-28-7-1-3-10-35-28)6-5-9-31-17-20-12-21(18-31)14-22(13-20)19-31/h6,20-24,26,28-30,32H,1-5,7-19H2,(H,33,34)/t20?,21?,22?,23-,24-,26+,28?,29?,30-,31?/m0/s1. The van der Waals surface area contributed by atoms with Gasteiger partial charge in [-0.25, -0.2) is 0 Å². The van der Waals surface area contributed by atoms with Crippen molar-refractivity contribution >= 4 is 5.97 Å². The molecule has 7 heteroatoms. The van der Waals surface area contributed by atoms with Crippen molar-refractivity contribution in [3.63, 3.8) is 0 Å². The number of aliphatic carboxylic acids is 1. The van der Waals surface area contributed by atoms with Gasteiger partial charge in [0.2, 0.25) is 0 Å². The zero-order valence-corrected chi connectivity index (χ0v) is 22.9. The molecule has 2 unspecified atom stereocenters. The molecular weight excluding hydrogens is 484 g/mol. The first-order valence-corrected chi connectivity index (χ1v) is 15.6. The van der Waals surface area contributed by atoms with Gasteiger partial charge in [-0.2, -0.15) is 0 Å². The Balaban J connectivity index is 1.23. The fourth-order valence-electron chi connectivity index (χ4n) is 9.42. The first-order chi connectivity index (χ1) is 18.5. The Morgan fingerprint density at radius 3 is 2.11 bits per heavy atom. The number of ether oxygens (including phenoxy) is 4. The highest BCUT2D eigenvalue weighted by molar-refractivity contribution is 5.67. The summed E-state index contributed by atoms with van der Waals surface area (Å²) in [5, 5.41) is 20.8. The maximum atomic E-state index is 11.9. The largest absolute Gasteiger partial charge is 0.481 e. The van der Waals surface area contributed by atoms with E-state index >= 15 is 0 Å². The van der Waals surface area contributed by atoms with Crippen LogP contribution in [0.1, 0.15) is 103 Å². The number of carboxylic acid groups (broad SMARTS) is 1. The molecule has 7 rings (SSSR count). The van der Waals surface area contributed by atoms with Crippen molar-refractivity contribution < 1.29 is 34.0 Å². The first-order valence-electron chi connectivity index (χ1n) is 15.6. The summed E-state index contributed by atoms with van der Waals surface area (Å²) in [6, 6.07) is 0. The van der Waals surface area contributed by atoms with Crippen LogP contribution in [0.5, 0.6) is 0 Å². The Morgan fingerprint density at radius 2 is 1.53 bits per heavy atom. The Kier molecular flexibility index (Phi) is 8.37. The Bertz CT molecular complexity index is 808. The number of aliphatic hydroxyl groups excluding tert-OH is 1. The molecule has 38 heavy (non-hydrogen) atoms. The predicted octanol–water partition coefficient (Wildman–Crippen LogP) is 5.79. The summed E-state index contributed by atoms with van der Waals surface area (Å²) in [6.07, 6.45) is 17.3. The molecule has 2 N–H and O–H groups in total. The minimum Gasteiger partial charge on any atom is -0.481 e. The molecule has 7 aliphatic rings. The molecule has 0 amide bonds. The maximum absolute atomic E-state index is 11.9. The van der Waals surface area contributed by atoms with Crippen LogP contribution in [-0.4, -0.2) is 54.2 Å². The van der Waals surface area contributed by atoms with E-state index in [0.717, 1.165) is 68.5 Å². The van der Waals surface area contributed by atoms with E-state index in [2.05, 4.69) is 6.08 Å². The van der Waals surface area contributed by atoms with E-state index in [1.807, 2.05) is 0 Å². The molecule has 2 heterocycles. The van der Waals surface area contributed by atoms with Gasteiger partial charge in [0.25, 0.3) is 0 Å². The fourth-order valence-corrected chi connectivity index (χ4v) is 9.42. The van der Waals surface area contributed by atoms with Gasteiger partial charge in [0, 0.05) is 31.3 Å². The van der Waals surface area contributed by atoms with Crippen LogP contribution in [0, 0.1) is 35.0 Å². The van der Waals surface area contributed by atoms with Gasteiger partial charge in [-0.3, -0.25) is 4.79 Å². The maximum Gasteiger partial charge on any atom is 0.303 e. The molecule has 6 atom stereocenters. The molecule has 0 radical (unpaired) electrons. The molecule has 0 aromatic rings. The van der Waals surface area contributed by atoms with Crippen molar-refractivity contribution in [3.05, 3.63) is 11.8 Å². The molecule has 214 valence electrons. The van der Waals surface area contributed by atoms with E-state index in [4.69, 9.17) is 18.9 Å². The van der Waals surface area contributed by atoms with Crippen LogP contribution in [-0.2, 0) is 23.7 Å². The van der Waals surface area contributed by atoms with Gasteiger partial charge in [0.1, 0.15) is 5.76 Å². The average molecular weight is 533 g/mol. The smallest absolute Gasteiger partial charge is 0.303 e. The monoisotopic (exact) mass is 532 g/mol. The van der Waals surface area contributed by atoms with Gasteiger partial charge in [0.15, 0.2) is 12.6 Å². The lowest BCUT2D eigenvalue weighted by atomic mass is 9.48. The van der Waals surface area contributed by atoms with Gasteiger partial charge in [0.05, 0.1) is 25.2 Å². The van der Waals surface area contributed by atoms with Crippen molar-refractivity contribution in [2.75, 3.05) is 13.2 Å². The van der Waals surface area contributed by atoms with E-state index in [1.54, 1.807) is 0 Å². The molecule has 4 bridgehead atoms. The van der Waals surface area contributed by atoms with Crippen LogP contribution >= 0.6 is 0 Å². The number of carboxylic acids is 1. The van der Waals surface area contributed by atoms with E-state index < -0.39 is 18.0 Å². The van der Waals surface area contributed by atoms with Crippen LogP contribution in [0.4, 0.5) is 0 Å². The number of hydrogen-bond acceptors (Lipinski definition) is 6. The molecule has 7 nitrogen and oxygen atoms in total. The van der Waals surface area contributed by atoms with Gasteiger partial charge in [-0.1, -0.05) is 0 Å². The molecule has 0 aromatic carbocycles. The first kappa shape index (κ1) is 27.0. The summed E-state index contributed by atoms with van der Waals surface area (Å²) < 4.78 is 24.9. The van der Waals surface area contributed by atoms with E-state index in [0.29, 0.717) is 25.0 Å².